The maximum atomic E-state index is 12.7. The number of furan rings is 1. The number of methoxy groups -OCH3 is 1. The number of hydrogen-bond acceptors (Lipinski definition) is 6. The van der Waals surface area contributed by atoms with Crippen LogP contribution in [0.4, 0.5) is 14.5 Å². The lowest BCUT2D eigenvalue weighted by Gasteiger charge is -2.08. The Morgan fingerprint density at radius 3 is 2.73 bits per heavy atom. The number of rotatable bonds is 6. The first-order valence-corrected chi connectivity index (χ1v) is 7.64. The number of aryl methyl sites for hydroxylation is 2. The summed E-state index contributed by atoms with van der Waals surface area (Å²) in [5, 5.41) is 6.82. The topological polar surface area (TPSA) is 86.7 Å². The van der Waals surface area contributed by atoms with E-state index in [2.05, 4.69) is 15.2 Å². The number of benzene rings is 1. The summed E-state index contributed by atoms with van der Waals surface area (Å²) in [6.45, 7) is 0.458. The Morgan fingerprint density at radius 2 is 2.12 bits per heavy atom. The zero-order chi connectivity index (χ0) is 18.8. The molecule has 0 unspecified atom stereocenters. The van der Waals surface area contributed by atoms with Crippen LogP contribution >= 0.6 is 0 Å². The van der Waals surface area contributed by atoms with Gasteiger partial charge >= 0.3 is 6.61 Å². The number of amides is 1. The highest BCUT2D eigenvalue weighted by Gasteiger charge is 2.21. The molecule has 3 rings (SSSR count). The van der Waals surface area contributed by atoms with Crippen molar-refractivity contribution < 1.29 is 32.0 Å². The van der Waals surface area contributed by atoms with E-state index in [9.17, 15) is 13.6 Å². The second-order valence-corrected chi connectivity index (χ2v) is 5.53. The van der Waals surface area contributed by atoms with Crippen molar-refractivity contribution in [2.24, 2.45) is 0 Å². The van der Waals surface area contributed by atoms with E-state index < -0.39 is 12.5 Å². The quantitative estimate of drug-likeness (QED) is 0.709. The Labute approximate surface area is 146 Å². The maximum Gasteiger partial charge on any atom is 0.387 e. The molecular formula is C17H16F2N2O5. The highest BCUT2D eigenvalue weighted by atomic mass is 19.3. The molecule has 3 aromatic rings. The van der Waals surface area contributed by atoms with Crippen LogP contribution in [0.3, 0.4) is 0 Å². The zero-order valence-electron chi connectivity index (χ0n) is 14.3. The molecular weight excluding hydrogens is 350 g/mol. The predicted octanol–water partition coefficient (Wildman–Crippen LogP) is 4.04. The minimum Gasteiger partial charge on any atom is -0.455 e. The van der Waals surface area contributed by atoms with Crippen LogP contribution in [0.25, 0.3) is 11.0 Å². The average molecular weight is 366 g/mol. The van der Waals surface area contributed by atoms with Crippen LogP contribution in [0.1, 0.15) is 27.6 Å². The van der Waals surface area contributed by atoms with Gasteiger partial charge < -0.3 is 23.7 Å². The van der Waals surface area contributed by atoms with Crippen molar-refractivity contribution in [3.63, 3.8) is 0 Å². The van der Waals surface area contributed by atoms with Gasteiger partial charge in [-0.2, -0.15) is 8.78 Å². The summed E-state index contributed by atoms with van der Waals surface area (Å²) in [6.07, 6.45) is 0. The molecule has 7 nitrogen and oxygen atoms in total. The number of nitrogens with zero attached hydrogens (tertiary/aromatic N) is 1. The van der Waals surface area contributed by atoms with Crippen molar-refractivity contribution in [1.29, 1.82) is 0 Å². The molecule has 0 radical (unpaired) electrons. The summed E-state index contributed by atoms with van der Waals surface area (Å²) in [4.78, 5) is 12.7. The number of carbonyl (C=O) groups is 1. The SMILES string of the molecule is COCc1cc2c(C(=O)Nc3c(C)noc3C)ccc(OC(F)F)c2o1. The Morgan fingerprint density at radius 1 is 1.35 bits per heavy atom. The minimum absolute atomic E-state index is 0.0452. The molecule has 2 heterocycles. The van der Waals surface area contributed by atoms with E-state index in [4.69, 9.17) is 13.7 Å². The largest absolute Gasteiger partial charge is 0.455 e. The molecule has 0 saturated heterocycles. The summed E-state index contributed by atoms with van der Waals surface area (Å²) in [5.41, 5.74) is 1.25. The van der Waals surface area contributed by atoms with E-state index in [1.54, 1.807) is 19.9 Å². The molecule has 0 saturated carbocycles. The predicted molar refractivity (Wildman–Crippen MR) is 87.5 cm³/mol. The average Bonchev–Trinajstić information content (AvgIpc) is 3.13. The fraction of sp³-hybridized carbons (Fsp3) is 0.294. The van der Waals surface area contributed by atoms with Crippen LogP contribution < -0.4 is 10.1 Å². The zero-order valence-corrected chi connectivity index (χ0v) is 14.3. The third kappa shape index (κ3) is 3.38. The van der Waals surface area contributed by atoms with Crippen molar-refractivity contribution in [1.82, 2.24) is 5.16 Å². The monoisotopic (exact) mass is 366 g/mol. The van der Waals surface area contributed by atoms with Gasteiger partial charge in [0.1, 0.15) is 23.7 Å². The molecule has 26 heavy (non-hydrogen) atoms. The van der Waals surface area contributed by atoms with Gasteiger partial charge in [-0.25, -0.2) is 0 Å². The first-order valence-electron chi connectivity index (χ1n) is 7.64. The number of aromatic nitrogens is 1. The van der Waals surface area contributed by atoms with Gasteiger partial charge in [-0.15, -0.1) is 0 Å². The molecule has 0 atom stereocenters. The Balaban J connectivity index is 2.03. The standard InChI is InChI=1S/C17H16F2N2O5/c1-8-14(9(2)26-21-8)20-16(22)11-4-5-13(25-17(18)19)15-12(11)6-10(24-15)7-23-3/h4-6,17H,7H2,1-3H3,(H,20,22). The summed E-state index contributed by atoms with van der Waals surface area (Å²) in [6, 6.07) is 4.20. The first-order chi connectivity index (χ1) is 12.4. The van der Waals surface area contributed by atoms with Crippen molar-refractivity contribution in [2.45, 2.75) is 27.1 Å². The van der Waals surface area contributed by atoms with Crippen molar-refractivity contribution >= 4 is 22.6 Å². The van der Waals surface area contributed by atoms with Gasteiger partial charge in [0.05, 0.1) is 5.56 Å². The number of alkyl halides is 2. The number of ether oxygens (including phenoxy) is 2. The highest BCUT2D eigenvalue weighted by Crippen LogP contribution is 2.33. The lowest BCUT2D eigenvalue weighted by atomic mass is 10.1. The summed E-state index contributed by atoms with van der Waals surface area (Å²) < 4.78 is 45.2. The van der Waals surface area contributed by atoms with Crippen molar-refractivity contribution in [3.8, 4) is 5.75 Å². The number of anilines is 1. The number of nitrogens with one attached hydrogen (secondary N) is 1. The van der Waals surface area contributed by atoms with E-state index in [1.165, 1.54) is 19.2 Å². The van der Waals surface area contributed by atoms with Crippen LogP contribution in [0, 0.1) is 13.8 Å². The van der Waals surface area contributed by atoms with Gasteiger partial charge in [0.2, 0.25) is 0 Å². The van der Waals surface area contributed by atoms with Gasteiger partial charge in [-0.05, 0) is 32.0 Å². The molecule has 0 spiro atoms. The fourth-order valence-corrected chi connectivity index (χ4v) is 2.59. The van der Waals surface area contributed by atoms with E-state index in [0.29, 0.717) is 28.3 Å². The van der Waals surface area contributed by atoms with E-state index >= 15 is 0 Å². The van der Waals surface area contributed by atoms with Gasteiger partial charge in [-0.1, -0.05) is 5.16 Å². The van der Waals surface area contributed by atoms with Crippen LogP contribution in [0.2, 0.25) is 0 Å². The van der Waals surface area contributed by atoms with Gasteiger partial charge in [0.15, 0.2) is 17.1 Å². The van der Waals surface area contributed by atoms with Crippen LogP contribution in [0.5, 0.6) is 5.75 Å². The van der Waals surface area contributed by atoms with Crippen LogP contribution in [-0.2, 0) is 11.3 Å². The lowest BCUT2D eigenvalue weighted by Crippen LogP contribution is -2.13. The number of carbonyl (C=O) groups excluding carboxylic acids is 1. The molecule has 1 N–H and O–H groups in total. The lowest BCUT2D eigenvalue weighted by molar-refractivity contribution is -0.0494. The smallest absolute Gasteiger partial charge is 0.387 e. The summed E-state index contributed by atoms with van der Waals surface area (Å²) in [7, 11) is 1.47. The molecule has 138 valence electrons. The second kappa shape index (κ2) is 7.12. The van der Waals surface area contributed by atoms with E-state index in [-0.39, 0.29) is 23.5 Å². The number of halogens is 2. The van der Waals surface area contributed by atoms with Gasteiger partial charge in [0, 0.05) is 12.5 Å². The number of fused-ring (bicyclic) bond motifs is 1. The van der Waals surface area contributed by atoms with Gasteiger partial charge in [0.25, 0.3) is 5.91 Å². The molecule has 0 aliphatic heterocycles. The molecule has 1 aromatic carbocycles. The molecule has 0 fully saturated rings. The molecule has 0 bridgehead atoms. The van der Waals surface area contributed by atoms with Crippen LogP contribution in [0.15, 0.2) is 27.1 Å². The molecule has 9 heteroatoms. The molecule has 1 amide bonds. The van der Waals surface area contributed by atoms with Crippen molar-refractivity contribution in [3.05, 3.63) is 41.0 Å². The van der Waals surface area contributed by atoms with Crippen LogP contribution in [-0.4, -0.2) is 24.8 Å². The molecule has 0 aliphatic carbocycles. The highest BCUT2D eigenvalue weighted by molar-refractivity contribution is 6.13. The summed E-state index contributed by atoms with van der Waals surface area (Å²) in [5.74, 6) is 0.209. The number of hydrogen-bond donors (Lipinski definition) is 1. The normalized spacial score (nSPS) is 11.3. The Hall–Kier alpha value is -2.94. The van der Waals surface area contributed by atoms with E-state index in [1.807, 2.05) is 0 Å². The molecule has 2 aromatic heterocycles. The first kappa shape index (κ1) is 17.9. The van der Waals surface area contributed by atoms with Gasteiger partial charge in [-0.3, -0.25) is 4.79 Å². The minimum atomic E-state index is -3.02. The Bertz CT molecular complexity index is 929. The Kier molecular flexibility index (Phi) is 4.90. The molecule has 0 aliphatic rings. The third-order valence-electron chi connectivity index (χ3n) is 3.72. The van der Waals surface area contributed by atoms with E-state index in [0.717, 1.165) is 0 Å². The van der Waals surface area contributed by atoms with Crippen molar-refractivity contribution in [2.75, 3.05) is 12.4 Å². The maximum absolute atomic E-state index is 12.7. The third-order valence-corrected chi connectivity index (χ3v) is 3.72. The summed E-state index contributed by atoms with van der Waals surface area (Å²) >= 11 is 0. The fourth-order valence-electron chi connectivity index (χ4n) is 2.59. The second-order valence-electron chi connectivity index (χ2n) is 5.53.